The van der Waals surface area contributed by atoms with Gasteiger partial charge in [-0.3, -0.25) is 4.79 Å². The molecule has 0 radical (unpaired) electrons. The van der Waals surface area contributed by atoms with Crippen LogP contribution in [0.4, 0.5) is 0 Å². The summed E-state index contributed by atoms with van der Waals surface area (Å²) in [6, 6.07) is 6.11. The Morgan fingerprint density at radius 1 is 1.28 bits per heavy atom. The van der Waals surface area contributed by atoms with Gasteiger partial charge in [-0.2, -0.15) is 0 Å². The molecule has 0 saturated carbocycles. The molecule has 0 atom stereocenters. The van der Waals surface area contributed by atoms with E-state index in [4.69, 9.17) is 5.11 Å². The number of aryl methyl sites for hydroxylation is 3. The molecule has 18 heavy (non-hydrogen) atoms. The molecule has 0 aliphatic heterocycles. The minimum Gasteiger partial charge on any atom is -0.481 e. The van der Waals surface area contributed by atoms with Crippen molar-refractivity contribution in [3.63, 3.8) is 0 Å². The third-order valence-electron chi connectivity index (χ3n) is 2.90. The molecule has 1 heterocycles. The normalized spacial score (nSPS) is 10.6. The predicted molar refractivity (Wildman–Crippen MR) is 73.1 cm³/mol. The second-order valence-electron chi connectivity index (χ2n) is 4.37. The Morgan fingerprint density at radius 3 is 2.61 bits per heavy atom. The zero-order chi connectivity index (χ0) is 13.3. The number of hydrogen-bond acceptors (Lipinski definition) is 3. The number of thiazole rings is 1. The molecule has 0 spiro atoms. The van der Waals surface area contributed by atoms with Gasteiger partial charge in [0.15, 0.2) is 0 Å². The molecule has 0 aliphatic rings. The summed E-state index contributed by atoms with van der Waals surface area (Å²) < 4.78 is 0. The molecule has 0 amide bonds. The highest BCUT2D eigenvalue weighted by Gasteiger charge is 2.14. The van der Waals surface area contributed by atoms with Crippen molar-refractivity contribution in [1.82, 2.24) is 4.98 Å². The highest BCUT2D eigenvalue weighted by molar-refractivity contribution is 7.12. The maximum atomic E-state index is 10.9. The molecule has 0 bridgehead atoms. The Morgan fingerprint density at radius 2 is 2.00 bits per heavy atom. The monoisotopic (exact) mass is 261 g/mol. The average Bonchev–Trinajstić information content (AvgIpc) is 2.62. The van der Waals surface area contributed by atoms with Crippen LogP contribution in [0.5, 0.6) is 0 Å². The number of carboxylic acids is 1. The lowest BCUT2D eigenvalue weighted by Gasteiger charge is -2.04. The summed E-state index contributed by atoms with van der Waals surface area (Å²) in [6.07, 6.45) is 0.0355. The summed E-state index contributed by atoms with van der Waals surface area (Å²) in [5.74, 6) is -0.816. The highest BCUT2D eigenvalue weighted by Crippen LogP contribution is 2.29. The largest absolute Gasteiger partial charge is 0.481 e. The van der Waals surface area contributed by atoms with Gasteiger partial charge in [-0.05, 0) is 38.0 Å². The maximum Gasteiger partial charge on any atom is 0.308 e. The van der Waals surface area contributed by atoms with E-state index in [1.54, 1.807) is 0 Å². The van der Waals surface area contributed by atoms with Gasteiger partial charge in [0.1, 0.15) is 0 Å². The van der Waals surface area contributed by atoms with Crippen molar-refractivity contribution in [3.05, 3.63) is 39.2 Å². The Bertz CT molecular complexity index is 602. The van der Waals surface area contributed by atoms with E-state index in [1.807, 2.05) is 19.1 Å². The van der Waals surface area contributed by atoms with Crippen molar-refractivity contribution in [2.24, 2.45) is 0 Å². The van der Waals surface area contributed by atoms with Gasteiger partial charge in [0.25, 0.3) is 0 Å². The number of hydrogen-bond donors (Lipinski definition) is 1. The molecule has 0 fully saturated rings. The van der Waals surface area contributed by atoms with Gasteiger partial charge in [0, 0.05) is 10.4 Å². The maximum absolute atomic E-state index is 10.9. The molecule has 3 nitrogen and oxygen atoms in total. The van der Waals surface area contributed by atoms with Crippen molar-refractivity contribution in [2.45, 2.75) is 27.2 Å². The molecule has 2 rings (SSSR count). The summed E-state index contributed by atoms with van der Waals surface area (Å²) in [4.78, 5) is 16.1. The molecular formula is C14H15NO2S. The van der Waals surface area contributed by atoms with Gasteiger partial charge in [-0.25, -0.2) is 4.98 Å². The van der Waals surface area contributed by atoms with Gasteiger partial charge >= 0.3 is 5.97 Å². The SMILES string of the molecule is Cc1nc(-c2ccc(C)c(C)c2)c(CC(=O)O)s1. The summed E-state index contributed by atoms with van der Waals surface area (Å²) in [5, 5.41) is 9.83. The minimum absolute atomic E-state index is 0.0355. The van der Waals surface area contributed by atoms with Crippen LogP contribution in [-0.2, 0) is 11.2 Å². The average molecular weight is 261 g/mol. The zero-order valence-electron chi connectivity index (χ0n) is 10.7. The molecule has 2 aromatic rings. The third-order valence-corrected chi connectivity index (χ3v) is 3.87. The quantitative estimate of drug-likeness (QED) is 0.921. The topological polar surface area (TPSA) is 50.2 Å². The third kappa shape index (κ3) is 2.59. The Kier molecular flexibility index (Phi) is 3.48. The lowest BCUT2D eigenvalue weighted by atomic mass is 10.0. The number of nitrogens with zero attached hydrogens (tertiary/aromatic N) is 1. The number of aliphatic carboxylic acids is 1. The number of carbonyl (C=O) groups is 1. The van der Waals surface area contributed by atoms with E-state index in [0.717, 1.165) is 21.1 Å². The predicted octanol–water partition coefficient (Wildman–Crippen LogP) is 3.36. The van der Waals surface area contributed by atoms with Crippen molar-refractivity contribution in [1.29, 1.82) is 0 Å². The highest BCUT2D eigenvalue weighted by atomic mass is 32.1. The first kappa shape index (κ1) is 12.8. The molecule has 0 saturated heterocycles. The lowest BCUT2D eigenvalue weighted by molar-refractivity contribution is -0.136. The van der Waals surface area contributed by atoms with Crippen molar-refractivity contribution in [3.8, 4) is 11.3 Å². The fourth-order valence-electron chi connectivity index (χ4n) is 1.84. The zero-order valence-corrected chi connectivity index (χ0v) is 11.5. The van der Waals surface area contributed by atoms with E-state index in [2.05, 4.69) is 24.9 Å². The molecular weight excluding hydrogens is 246 g/mol. The van der Waals surface area contributed by atoms with Crippen LogP contribution in [0.1, 0.15) is 21.0 Å². The van der Waals surface area contributed by atoms with Crippen LogP contribution < -0.4 is 0 Å². The van der Waals surface area contributed by atoms with Crippen molar-refractivity contribution in [2.75, 3.05) is 0 Å². The number of rotatable bonds is 3. The Balaban J connectivity index is 2.49. The fourth-order valence-corrected chi connectivity index (χ4v) is 2.79. The van der Waals surface area contributed by atoms with Gasteiger partial charge in [-0.1, -0.05) is 12.1 Å². The standard InChI is InChI=1S/C14H15NO2S/c1-8-4-5-11(6-9(8)2)14-12(7-13(16)17)18-10(3)15-14/h4-6H,7H2,1-3H3,(H,16,17). The van der Waals surface area contributed by atoms with Gasteiger partial charge in [0.05, 0.1) is 17.1 Å². The van der Waals surface area contributed by atoms with Crippen molar-refractivity contribution < 1.29 is 9.90 Å². The summed E-state index contributed by atoms with van der Waals surface area (Å²) in [5.41, 5.74) is 4.23. The summed E-state index contributed by atoms with van der Waals surface area (Å²) >= 11 is 1.46. The van der Waals surface area contributed by atoms with Gasteiger partial charge in [0.2, 0.25) is 0 Å². The van der Waals surface area contributed by atoms with Crippen LogP contribution in [0.25, 0.3) is 11.3 Å². The van der Waals surface area contributed by atoms with Crippen LogP contribution in [-0.4, -0.2) is 16.1 Å². The fraction of sp³-hybridized carbons (Fsp3) is 0.286. The number of carboxylic acid groups (broad SMARTS) is 1. The molecule has 1 aromatic heterocycles. The summed E-state index contributed by atoms with van der Waals surface area (Å²) in [7, 11) is 0. The summed E-state index contributed by atoms with van der Waals surface area (Å²) in [6.45, 7) is 6.01. The smallest absolute Gasteiger partial charge is 0.308 e. The molecule has 1 aromatic carbocycles. The first-order valence-corrected chi connectivity index (χ1v) is 6.54. The van der Waals surface area contributed by atoms with E-state index in [9.17, 15) is 4.79 Å². The number of benzene rings is 1. The Hall–Kier alpha value is -1.68. The molecule has 4 heteroatoms. The van der Waals surface area contributed by atoms with E-state index in [1.165, 1.54) is 22.5 Å². The molecule has 1 N–H and O–H groups in total. The van der Waals surface area contributed by atoms with Gasteiger partial charge in [-0.15, -0.1) is 11.3 Å². The second-order valence-corrected chi connectivity index (χ2v) is 5.66. The first-order valence-electron chi connectivity index (χ1n) is 5.73. The van der Waals surface area contributed by atoms with Crippen molar-refractivity contribution >= 4 is 17.3 Å². The molecule has 0 unspecified atom stereocenters. The molecule has 0 aliphatic carbocycles. The van der Waals surface area contributed by atoms with E-state index in [-0.39, 0.29) is 6.42 Å². The number of aromatic nitrogens is 1. The van der Waals surface area contributed by atoms with Crippen LogP contribution in [0.2, 0.25) is 0 Å². The van der Waals surface area contributed by atoms with E-state index < -0.39 is 5.97 Å². The van der Waals surface area contributed by atoms with Crippen LogP contribution in [0, 0.1) is 20.8 Å². The van der Waals surface area contributed by atoms with Crippen LogP contribution >= 0.6 is 11.3 Å². The minimum atomic E-state index is -0.816. The molecule has 94 valence electrons. The van der Waals surface area contributed by atoms with E-state index >= 15 is 0 Å². The first-order chi connectivity index (χ1) is 8.47. The lowest BCUT2D eigenvalue weighted by Crippen LogP contribution is -1.99. The second kappa shape index (κ2) is 4.90. The van der Waals surface area contributed by atoms with Crippen LogP contribution in [0.15, 0.2) is 18.2 Å². The van der Waals surface area contributed by atoms with E-state index in [0.29, 0.717) is 0 Å². The van der Waals surface area contributed by atoms with Gasteiger partial charge < -0.3 is 5.11 Å². The Labute approximate surface area is 110 Å². The van der Waals surface area contributed by atoms with Crippen LogP contribution in [0.3, 0.4) is 0 Å².